The van der Waals surface area contributed by atoms with Crippen LogP contribution >= 0.6 is 11.6 Å². The van der Waals surface area contributed by atoms with Crippen molar-refractivity contribution in [1.29, 1.82) is 0 Å². The van der Waals surface area contributed by atoms with Crippen molar-refractivity contribution in [3.63, 3.8) is 0 Å². The molecule has 116 valence electrons. The summed E-state index contributed by atoms with van der Waals surface area (Å²) in [4.78, 5) is 13.7. The SMILES string of the molecule is C[C@H]1CCN(C(=O)[C@H](O)c2ccccc2Cl)CCS1(=O)=O. The first-order valence-electron chi connectivity index (χ1n) is 6.76. The molecule has 0 saturated carbocycles. The second-order valence-electron chi connectivity index (χ2n) is 5.22. The third-order valence-electron chi connectivity index (χ3n) is 3.81. The fraction of sp³-hybridized carbons (Fsp3) is 0.500. The molecule has 1 heterocycles. The number of benzene rings is 1. The van der Waals surface area contributed by atoms with E-state index < -0.39 is 27.1 Å². The van der Waals surface area contributed by atoms with Crippen molar-refractivity contribution >= 4 is 27.3 Å². The highest BCUT2D eigenvalue weighted by atomic mass is 35.5. The summed E-state index contributed by atoms with van der Waals surface area (Å²) in [6.45, 7) is 2.07. The summed E-state index contributed by atoms with van der Waals surface area (Å²) < 4.78 is 23.7. The van der Waals surface area contributed by atoms with E-state index in [4.69, 9.17) is 11.6 Å². The van der Waals surface area contributed by atoms with Crippen LogP contribution in [-0.4, -0.2) is 48.4 Å². The normalized spacial score (nSPS) is 23.4. The predicted octanol–water partition coefficient (Wildman–Crippen LogP) is 1.41. The summed E-state index contributed by atoms with van der Waals surface area (Å²) in [5.41, 5.74) is 0.337. The molecule has 0 spiro atoms. The number of amides is 1. The van der Waals surface area contributed by atoms with Crippen LogP contribution in [0.3, 0.4) is 0 Å². The molecule has 5 nitrogen and oxygen atoms in total. The zero-order valence-corrected chi connectivity index (χ0v) is 13.3. The van der Waals surface area contributed by atoms with Crippen molar-refractivity contribution in [1.82, 2.24) is 4.90 Å². The smallest absolute Gasteiger partial charge is 0.256 e. The van der Waals surface area contributed by atoms with Gasteiger partial charge in [0.1, 0.15) is 0 Å². The minimum absolute atomic E-state index is 0.0743. The molecule has 2 atom stereocenters. The van der Waals surface area contributed by atoms with Crippen LogP contribution in [0.1, 0.15) is 25.0 Å². The first kappa shape index (κ1) is 16.3. The van der Waals surface area contributed by atoms with Gasteiger partial charge in [-0.3, -0.25) is 4.79 Å². The van der Waals surface area contributed by atoms with Gasteiger partial charge in [-0.25, -0.2) is 8.42 Å². The Kier molecular flexibility index (Phi) is 4.91. The summed E-state index contributed by atoms with van der Waals surface area (Å²) in [7, 11) is -3.16. The number of hydrogen-bond donors (Lipinski definition) is 1. The van der Waals surface area contributed by atoms with Gasteiger partial charge in [-0.1, -0.05) is 29.8 Å². The van der Waals surface area contributed by atoms with E-state index in [1.54, 1.807) is 31.2 Å². The highest BCUT2D eigenvalue weighted by Crippen LogP contribution is 2.25. The molecule has 0 radical (unpaired) electrons. The fourth-order valence-corrected chi connectivity index (χ4v) is 3.87. The van der Waals surface area contributed by atoms with Crippen molar-refractivity contribution in [2.45, 2.75) is 24.7 Å². The molecule has 0 aliphatic carbocycles. The van der Waals surface area contributed by atoms with E-state index in [2.05, 4.69) is 0 Å². The van der Waals surface area contributed by atoms with Crippen LogP contribution in [0, 0.1) is 0 Å². The molecule has 2 rings (SSSR count). The van der Waals surface area contributed by atoms with Crippen LogP contribution in [0.15, 0.2) is 24.3 Å². The van der Waals surface area contributed by atoms with E-state index >= 15 is 0 Å². The average molecular weight is 332 g/mol. The van der Waals surface area contributed by atoms with E-state index in [1.165, 1.54) is 4.90 Å². The summed E-state index contributed by atoms with van der Waals surface area (Å²) in [5.74, 6) is -0.581. The molecule has 1 amide bonds. The minimum atomic E-state index is -3.16. The Morgan fingerprint density at radius 1 is 1.38 bits per heavy atom. The molecule has 0 aromatic heterocycles. The zero-order chi connectivity index (χ0) is 15.6. The molecule has 1 aliphatic rings. The number of sulfone groups is 1. The number of rotatable bonds is 2. The highest BCUT2D eigenvalue weighted by molar-refractivity contribution is 7.92. The summed E-state index contributed by atoms with van der Waals surface area (Å²) in [6.07, 6.45) is -0.988. The van der Waals surface area contributed by atoms with Gasteiger partial charge in [0.15, 0.2) is 15.9 Å². The summed E-state index contributed by atoms with van der Waals surface area (Å²) in [5, 5.41) is 10.0. The summed E-state index contributed by atoms with van der Waals surface area (Å²) >= 11 is 5.98. The molecule has 0 bridgehead atoms. The van der Waals surface area contributed by atoms with Crippen molar-refractivity contribution in [3.8, 4) is 0 Å². The molecule has 1 aliphatic heterocycles. The highest BCUT2D eigenvalue weighted by Gasteiger charge is 2.31. The maximum atomic E-state index is 12.3. The molecular formula is C14H18ClNO4S. The lowest BCUT2D eigenvalue weighted by atomic mass is 10.1. The maximum Gasteiger partial charge on any atom is 0.256 e. The number of carbonyl (C=O) groups is 1. The Bertz CT molecular complexity index is 632. The second kappa shape index (κ2) is 6.34. The van der Waals surface area contributed by atoms with Gasteiger partial charge >= 0.3 is 0 Å². The van der Waals surface area contributed by atoms with Crippen LogP contribution < -0.4 is 0 Å². The molecule has 1 N–H and O–H groups in total. The third kappa shape index (κ3) is 3.56. The monoisotopic (exact) mass is 331 g/mol. The minimum Gasteiger partial charge on any atom is -0.378 e. The van der Waals surface area contributed by atoms with Gasteiger partial charge in [0.2, 0.25) is 0 Å². The van der Waals surface area contributed by atoms with Crippen molar-refractivity contribution in [2.75, 3.05) is 18.8 Å². The molecular weight excluding hydrogens is 314 g/mol. The lowest BCUT2D eigenvalue weighted by Gasteiger charge is -2.23. The molecule has 1 saturated heterocycles. The largest absolute Gasteiger partial charge is 0.378 e. The molecule has 21 heavy (non-hydrogen) atoms. The first-order chi connectivity index (χ1) is 9.83. The zero-order valence-electron chi connectivity index (χ0n) is 11.7. The Labute approximate surface area is 129 Å². The van der Waals surface area contributed by atoms with E-state index in [-0.39, 0.29) is 12.3 Å². The van der Waals surface area contributed by atoms with Crippen molar-refractivity contribution in [2.24, 2.45) is 0 Å². The van der Waals surface area contributed by atoms with Gasteiger partial charge < -0.3 is 10.0 Å². The van der Waals surface area contributed by atoms with Gasteiger partial charge in [-0.05, 0) is 19.4 Å². The van der Waals surface area contributed by atoms with Crippen LogP contribution in [0.4, 0.5) is 0 Å². The Hall–Kier alpha value is -1.11. The summed E-state index contributed by atoms with van der Waals surface area (Å²) in [6, 6.07) is 6.58. The number of aliphatic hydroxyl groups excluding tert-OH is 1. The van der Waals surface area contributed by atoms with E-state index in [0.29, 0.717) is 23.6 Å². The molecule has 1 aromatic carbocycles. The van der Waals surface area contributed by atoms with Crippen LogP contribution in [0.2, 0.25) is 5.02 Å². The number of halogens is 1. The van der Waals surface area contributed by atoms with Gasteiger partial charge in [0, 0.05) is 23.7 Å². The Morgan fingerprint density at radius 3 is 2.71 bits per heavy atom. The van der Waals surface area contributed by atoms with Crippen molar-refractivity contribution in [3.05, 3.63) is 34.9 Å². The Balaban J connectivity index is 2.15. The second-order valence-corrected chi connectivity index (χ2v) is 8.16. The predicted molar refractivity (Wildman–Crippen MR) is 80.9 cm³/mol. The first-order valence-corrected chi connectivity index (χ1v) is 8.85. The number of hydrogen-bond acceptors (Lipinski definition) is 4. The Morgan fingerprint density at radius 2 is 2.05 bits per heavy atom. The van der Waals surface area contributed by atoms with Crippen LogP contribution in [0.5, 0.6) is 0 Å². The number of aliphatic hydroxyl groups is 1. The molecule has 1 aromatic rings. The topological polar surface area (TPSA) is 74.7 Å². The van der Waals surface area contributed by atoms with E-state index in [0.717, 1.165) is 0 Å². The van der Waals surface area contributed by atoms with E-state index in [1.807, 2.05) is 0 Å². The number of nitrogens with zero attached hydrogens (tertiary/aromatic N) is 1. The van der Waals surface area contributed by atoms with Crippen molar-refractivity contribution < 1.29 is 18.3 Å². The van der Waals surface area contributed by atoms with Gasteiger partial charge in [-0.2, -0.15) is 0 Å². The van der Waals surface area contributed by atoms with Gasteiger partial charge in [0.05, 0.1) is 11.0 Å². The molecule has 1 fully saturated rings. The standard InChI is InChI=1S/C14H18ClNO4S/c1-10-6-7-16(8-9-21(10,19)20)14(18)13(17)11-4-2-3-5-12(11)15/h2-5,10,13,17H,6-9H2,1H3/t10-,13+/m0/s1. The molecule has 0 unspecified atom stereocenters. The van der Waals surface area contributed by atoms with Crippen LogP contribution in [-0.2, 0) is 14.6 Å². The maximum absolute atomic E-state index is 12.3. The van der Waals surface area contributed by atoms with Gasteiger partial charge in [0.25, 0.3) is 5.91 Å². The number of carbonyl (C=O) groups excluding carboxylic acids is 1. The average Bonchev–Trinajstić information content (AvgIpc) is 2.58. The lowest BCUT2D eigenvalue weighted by molar-refractivity contribution is -0.140. The van der Waals surface area contributed by atoms with E-state index in [9.17, 15) is 18.3 Å². The van der Waals surface area contributed by atoms with Gasteiger partial charge in [-0.15, -0.1) is 0 Å². The quantitative estimate of drug-likeness (QED) is 0.889. The lowest BCUT2D eigenvalue weighted by Crippen LogP contribution is -2.37. The molecule has 7 heteroatoms. The fourth-order valence-electron chi connectivity index (χ4n) is 2.29. The van der Waals surface area contributed by atoms with Crippen LogP contribution in [0.25, 0.3) is 0 Å². The third-order valence-corrected chi connectivity index (χ3v) is 6.37.